The molecule has 2 N–H and O–H groups in total. The first-order valence-electron chi connectivity index (χ1n) is 3.85. The van der Waals surface area contributed by atoms with E-state index in [4.69, 9.17) is 5.11 Å². The van der Waals surface area contributed by atoms with Crippen LogP contribution in [0, 0.1) is 6.92 Å². The molecule has 0 fully saturated rings. The Morgan fingerprint density at radius 2 is 2.31 bits per heavy atom. The van der Waals surface area contributed by atoms with Crippen LogP contribution in [-0.2, 0) is 0 Å². The van der Waals surface area contributed by atoms with Gasteiger partial charge >= 0.3 is 5.97 Å². The standard InChI is InChI=1S/C9H8N2O2/c1-5-2-6-3-7(9(12)13)11-8(6)4-10-5/h2-4,11H,1H3,(H,12,13). The molecule has 0 saturated heterocycles. The maximum Gasteiger partial charge on any atom is 0.352 e. The molecule has 0 unspecified atom stereocenters. The number of hydrogen-bond acceptors (Lipinski definition) is 2. The molecule has 66 valence electrons. The summed E-state index contributed by atoms with van der Waals surface area (Å²) < 4.78 is 0. The van der Waals surface area contributed by atoms with Gasteiger partial charge in [0.1, 0.15) is 5.69 Å². The average Bonchev–Trinajstić information content (AvgIpc) is 2.46. The highest BCUT2D eigenvalue weighted by Crippen LogP contribution is 2.14. The second-order valence-corrected chi connectivity index (χ2v) is 2.90. The Balaban J connectivity index is 2.68. The van der Waals surface area contributed by atoms with Gasteiger partial charge in [-0.15, -0.1) is 0 Å². The number of aryl methyl sites for hydroxylation is 1. The molecule has 0 saturated carbocycles. The molecular formula is C9H8N2O2. The lowest BCUT2D eigenvalue weighted by atomic mass is 10.2. The van der Waals surface area contributed by atoms with Crippen LogP contribution in [-0.4, -0.2) is 21.0 Å². The van der Waals surface area contributed by atoms with E-state index < -0.39 is 5.97 Å². The van der Waals surface area contributed by atoms with Crippen molar-refractivity contribution in [3.8, 4) is 0 Å². The Kier molecular flexibility index (Phi) is 1.55. The first-order valence-corrected chi connectivity index (χ1v) is 3.85. The molecule has 2 rings (SSSR count). The maximum atomic E-state index is 10.6. The van der Waals surface area contributed by atoms with Crippen molar-refractivity contribution in [2.45, 2.75) is 6.92 Å². The molecule has 13 heavy (non-hydrogen) atoms. The summed E-state index contributed by atoms with van der Waals surface area (Å²) in [4.78, 5) is 17.4. The summed E-state index contributed by atoms with van der Waals surface area (Å²) in [6.45, 7) is 1.87. The molecule has 0 amide bonds. The van der Waals surface area contributed by atoms with E-state index in [9.17, 15) is 4.79 Å². The van der Waals surface area contributed by atoms with Gasteiger partial charge in [0.05, 0.1) is 11.7 Å². The Hall–Kier alpha value is -1.84. The molecule has 0 aliphatic carbocycles. The SMILES string of the molecule is Cc1cc2cc(C(=O)O)[nH]c2cn1. The lowest BCUT2D eigenvalue weighted by Gasteiger charge is -1.89. The van der Waals surface area contributed by atoms with Gasteiger partial charge in [-0.1, -0.05) is 0 Å². The predicted molar refractivity (Wildman–Crippen MR) is 47.8 cm³/mol. The zero-order valence-electron chi connectivity index (χ0n) is 7.03. The summed E-state index contributed by atoms with van der Waals surface area (Å²) >= 11 is 0. The van der Waals surface area contributed by atoms with Crippen molar-refractivity contribution in [2.75, 3.05) is 0 Å². The number of fused-ring (bicyclic) bond motifs is 1. The van der Waals surface area contributed by atoms with Gasteiger partial charge in [-0.05, 0) is 19.1 Å². The smallest absolute Gasteiger partial charge is 0.352 e. The Morgan fingerprint density at radius 3 is 3.00 bits per heavy atom. The number of pyridine rings is 1. The summed E-state index contributed by atoms with van der Waals surface area (Å²) in [5, 5.41) is 9.58. The van der Waals surface area contributed by atoms with Gasteiger partial charge in [-0.25, -0.2) is 4.79 Å². The maximum absolute atomic E-state index is 10.6. The van der Waals surface area contributed by atoms with E-state index >= 15 is 0 Å². The molecule has 2 heterocycles. The van der Waals surface area contributed by atoms with Gasteiger partial charge in [0.25, 0.3) is 0 Å². The van der Waals surface area contributed by atoms with Crippen LogP contribution >= 0.6 is 0 Å². The third-order valence-corrected chi connectivity index (χ3v) is 1.87. The van der Waals surface area contributed by atoms with Crippen LogP contribution in [0.25, 0.3) is 10.9 Å². The number of carbonyl (C=O) groups is 1. The number of H-pyrrole nitrogens is 1. The van der Waals surface area contributed by atoms with E-state index in [0.717, 1.165) is 16.6 Å². The molecule has 2 aromatic rings. The molecule has 0 spiro atoms. The van der Waals surface area contributed by atoms with E-state index in [1.165, 1.54) is 0 Å². The molecule has 0 aliphatic heterocycles. The third kappa shape index (κ3) is 1.26. The second-order valence-electron chi connectivity index (χ2n) is 2.90. The molecule has 0 aliphatic rings. The average molecular weight is 176 g/mol. The molecule has 0 bridgehead atoms. The van der Waals surface area contributed by atoms with Crippen molar-refractivity contribution in [3.05, 3.63) is 29.7 Å². The van der Waals surface area contributed by atoms with Crippen molar-refractivity contribution >= 4 is 16.9 Å². The summed E-state index contributed by atoms with van der Waals surface area (Å²) in [5.74, 6) is -0.950. The van der Waals surface area contributed by atoms with Gasteiger partial charge in [-0.3, -0.25) is 4.98 Å². The summed E-state index contributed by atoms with van der Waals surface area (Å²) in [6.07, 6.45) is 1.64. The Labute approximate surface area is 74.2 Å². The quantitative estimate of drug-likeness (QED) is 0.693. The van der Waals surface area contributed by atoms with Gasteiger partial charge < -0.3 is 10.1 Å². The highest BCUT2D eigenvalue weighted by molar-refractivity contribution is 5.93. The van der Waals surface area contributed by atoms with E-state index in [-0.39, 0.29) is 5.69 Å². The number of carboxylic acids is 1. The van der Waals surface area contributed by atoms with Crippen molar-refractivity contribution in [2.24, 2.45) is 0 Å². The number of nitrogens with zero attached hydrogens (tertiary/aromatic N) is 1. The number of aromatic carboxylic acids is 1. The molecule has 0 aromatic carbocycles. The van der Waals surface area contributed by atoms with E-state index in [1.54, 1.807) is 12.3 Å². The number of aromatic nitrogens is 2. The zero-order valence-corrected chi connectivity index (χ0v) is 7.03. The number of aromatic amines is 1. The van der Waals surface area contributed by atoms with Crippen molar-refractivity contribution in [1.29, 1.82) is 0 Å². The third-order valence-electron chi connectivity index (χ3n) is 1.87. The van der Waals surface area contributed by atoms with Gasteiger partial charge in [-0.2, -0.15) is 0 Å². The molecule has 0 radical (unpaired) electrons. The first kappa shape index (κ1) is 7.79. The number of nitrogens with one attached hydrogen (secondary N) is 1. The summed E-state index contributed by atoms with van der Waals surface area (Å²) in [7, 11) is 0. The van der Waals surface area contributed by atoms with Crippen LogP contribution in [0.5, 0.6) is 0 Å². The summed E-state index contributed by atoms with van der Waals surface area (Å²) in [6, 6.07) is 3.45. The van der Waals surface area contributed by atoms with E-state index in [0.29, 0.717) is 0 Å². The van der Waals surface area contributed by atoms with Gasteiger partial charge in [0.15, 0.2) is 0 Å². The molecule has 4 heteroatoms. The summed E-state index contributed by atoms with van der Waals surface area (Å²) in [5.41, 5.74) is 1.83. The minimum absolute atomic E-state index is 0.197. The van der Waals surface area contributed by atoms with Crippen molar-refractivity contribution < 1.29 is 9.90 Å². The van der Waals surface area contributed by atoms with Crippen molar-refractivity contribution in [1.82, 2.24) is 9.97 Å². The van der Waals surface area contributed by atoms with Gasteiger partial charge in [0, 0.05) is 11.1 Å². The van der Waals surface area contributed by atoms with Crippen LogP contribution < -0.4 is 0 Å². The van der Waals surface area contributed by atoms with Crippen molar-refractivity contribution in [3.63, 3.8) is 0 Å². The normalized spacial score (nSPS) is 10.5. The molecule has 4 nitrogen and oxygen atoms in total. The second kappa shape index (κ2) is 2.58. The fourth-order valence-corrected chi connectivity index (χ4v) is 1.26. The van der Waals surface area contributed by atoms with E-state index in [1.807, 2.05) is 13.0 Å². The number of hydrogen-bond donors (Lipinski definition) is 2. The number of carboxylic acid groups (broad SMARTS) is 1. The van der Waals surface area contributed by atoms with Crippen LogP contribution in [0.2, 0.25) is 0 Å². The van der Waals surface area contributed by atoms with Crippen LogP contribution in [0.3, 0.4) is 0 Å². The largest absolute Gasteiger partial charge is 0.477 e. The van der Waals surface area contributed by atoms with Crippen LogP contribution in [0.1, 0.15) is 16.2 Å². The lowest BCUT2D eigenvalue weighted by molar-refractivity contribution is 0.0691. The molecular weight excluding hydrogens is 168 g/mol. The van der Waals surface area contributed by atoms with Crippen LogP contribution in [0.15, 0.2) is 18.3 Å². The fraction of sp³-hybridized carbons (Fsp3) is 0.111. The molecule has 0 atom stereocenters. The fourth-order valence-electron chi connectivity index (χ4n) is 1.26. The van der Waals surface area contributed by atoms with Crippen LogP contribution in [0.4, 0.5) is 0 Å². The van der Waals surface area contributed by atoms with E-state index in [2.05, 4.69) is 9.97 Å². The van der Waals surface area contributed by atoms with Gasteiger partial charge in [0.2, 0.25) is 0 Å². The minimum atomic E-state index is -0.950. The lowest BCUT2D eigenvalue weighted by Crippen LogP contribution is -1.94. The Bertz CT molecular complexity index is 473. The zero-order chi connectivity index (χ0) is 9.42. The highest BCUT2D eigenvalue weighted by atomic mass is 16.4. The number of rotatable bonds is 1. The Morgan fingerprint density at radius 1 is 1.54 bits per heavy atom. The highest BCUT2D eigenvalue weighted by Gasteiger charge is 2.06. The first-order chi connectivity index (χ1) is 6.16. The molecule has 2 aromatic heterocycles. The monoisotopic (exact) mass is 176 g/mol. The predicted octanol–water partition coefficient (Wildman–Crippen LogP) is 1.57. The topological polar surface area (TPSA) is 66.0 Å². The minimum Gasteiger partial charge on any atom is -0.477 e.